The molecule has 3 rings (SSSR count). The topological polar surface area (TPSA) is 34.5 Å². The van der Waals surface area contributed by atoms with Crippen molar-refractivity contribution < 1.29 is 9.53 Å². The van der Waals surface area contributed by atoms with Crippen molar-refractivity contribution in [3.05, 3.63) is 57.2 Å². The summed E-state index contributed by atoms with van der Waals surface area (Å²) < 4.78 is 7.43. The summed E-state index contributed by atoms with van der Waals surface area (Å²) >= 11 is 18.8. The van der Waals surface area contributed by atoms with Crippen LogP contribution in [0.3, 0.4) is 0 Å². The first-order valence-corrected chi connectivity index (χ1v) is 11.2. The summed E-state index contributed by atoms with van der Waals surface area (Å²) in [7, 11) is 0. The van der Waals surface area contributed by atoms with Gasteiger partial charge in [0.15, 0.2) is 0 Å². The van der Waals surface area contributed by atoms with Crippen LogP contribution in [0.4, 0.5) is 0 Å². The second-order valence-corrected chi connectivity index (χ2v) is 8.17. The zero-order valence-electron chi connectivity index (χ0n) is 17.8. The van der Waals surface area contributed by atoms with E-state index in [0.717, 1.165) is 41.7 Å². The van der Waals surface area contributed by atoms with Crippen molar-refractivity contribution in [3.8, 4) is 11.3 Å². The maximum Gasteiger partial charge on any atom is 0.355 e. The summed E-state index contributed by atoms with van der Waals surface area (Å²) in [5, 5.41) is 3.22. The normalized spacial score (nSPS) is 11.1. The predicted molar refractivity (Wildman–Crippen MR) is 133 cm³/mol. The Bertz CT molecular complexity index is 1060. The molecule has 8 heteroatoms. The highest BCUT2D eigenvalue weighted by Gasteiger charge is 2.25. The van der Waals surface area contributed by atoms with Gasteiger partial charge in [0.25, 0.3) is 0 Å². The van der Waals surface area contributed by atoms with Crippen LogP contribution in [0.5, 0.6) is 0 Å². The summed E-state index contributed by atoms with van der Waals surface area (Å²) in [5.41, 5.74) is 2.27. The first kappa shape index (κ1) is 25.8. The molecule has 0 aliphatic rings. The Hall–Kier alpha value is -1.43. The summed E-state index contributed by atoms with van der Waals surface area (Å²) in [4.78, 5) is 15.3. The molecule has 0 fully saturated rings. The van der Waals surface area contributed by atoms with Crippen LogP contribution in [0.2, 0.25) is 15.1 Å². The van der Waals surface area contributed by atoms with Crippen molar-refractivity contribution in [2.75, 3.05) is 26.2 Å². The van der Waals surface area contributed by atoms with Gasteiger partial charge in [0, 0.05) is 34.4 Å². The number of benzene rings is 2. The average Bonchev–Trinajstić information content (AvgIpc) is 3.04. The first-order valence-electron chi connectivity index (χ1n) is 10.1. The number of nitrogens with zero attached hydrogens (tertiary/aromatic N) is 2. The third kappa shape index (κ3) is 5.50. The fourth-order valence-electron chi connectivity index (χ4n) is 3.70. The molecule has 0 aliphatic carbocycles. The molecule has 31 heavy (non-hydrogen) atoms. The summed E-state index contributed by atoms with van der Waals surface area (Å²) in [5.74, 6) is -0.351. The molecule has 1 heterocycles. The lowest BCUT2D eigenvalue weighted by Gasteiger charge is -2.21. The second-order valence-electron chi connectivity index (χ2n) is 6.91. The van der Waals surface area contributed by atoms with Crippen molar-refractivity contribution >= 4 is 64.0 Å². The third-order valence-corrected chi connectivity index (χ3v) is 6.20. The number of likely N-dealkylation sites (N-methyl/N-ethyl adjacent to an activating group) is 1. The number of rotatable bonds is 8. The van der Waals surface area contributed by atoms with E-state index in [4.69, 9.17) is 39.5 Å². The number of hydrogen-bond acceptors (Lipinski definition) is 3. The molecule has 0 atom stereocenters. The summed E-state index contributed by atoms with van der Waals surface area (Å²) in [6, 6.07) is 11.0. The lowest BCUT2D eigenvalue weighted by atomic mass is 10.1. The Morgan fingerprint density at radius 1 is 0.968 bits per heavy atom. The fraction of sp³-hybridized carbons (Fsp3) is 0.348. The van der Waals surface area contributed by atoms with E-state index in [1.807, 2.05) is 28.8 Å². The Kier molecular flexibility index (Phi) is 9.53. The third-order valence-electron chi connectivity index (χ3n) is 5.23. The minimum atomic E-state index is -0.351. The van der Waals surface area contributed by atoms with E-state index < -0.39 is 0 Å². The Labute approximate surface area is 204 Å². The SMILES string of the molecule is CCOC(=O)c1c2ccc(Cl)cc2c(-c2ccc(Cl)c(Cl)c2)n1CCN(CC)CC.Cl. The zero-order chi connectivity index (χ0) is 21.8. The standard InChI is InChI=1S/C23H25Cl3N2O2.ClH/c1-4-27(5-2)11-12-28-21(15-7-10-19(25)20(26)13-15)18-14-16(24)8-9-17(18)22(28)23(29)30-6-3;/h7-10,13-14H,4-6,11-12H2,1-3H3;1H. The van der Waals surface area contributed by atoms with Crippen molar-refractivity contribution in [1.29, 1.82) is 0 Å². The van der Waals surface area contributed by atoms with Gasteiger partial charge in [-0.05, 0) is 44.3 Å². The molecular formula is C23H26Cl4N2O2. The number of esters is 1. The van der Waals surface area contributed by atoms with Gasteiger partial charge in [0.1, 0.15) is 5.69 Å². The molecule has 4 nitrogen and oxygen atoms in total. The van der Waals surface area contributed by atoms with Crippen LogP contribution >= 0.6 is 47.2 Å². The lowest BCUT2D eigenvalue weighted by molar-refractivity contribution is 0.0515. The van der Waals surface area contributed by atoms with Crippen molar-refractivity contribution in [3.63, 3.8) is 0 Å². The molecule has 0 saturated carbocycles. The first-order chi connectivity index (χ1) is 14.4. The molecule has 0 radical (unpaired) electrons. The van der Waals surface area contributed by atoms with Gasteiger partial charge < -0.3 is 14.2 Å². The quantitative estimate of drug-likeness (QED) is 0.304. The molecule has 3 aromatic rings. The van der Waals surface area contributed by atoms with Crippen LogP contribution in [0.25, 0.3) is 22.0 Å². The van der Waals surface area contributed by atoms with Gasteiger partial charge in [-0.1, -0.05) is 60.8 Å². The molecule has 0 spiro atoms. The largest absolute Gasteiger partial charge is 0.461 e. The van der Waals surface area contributed by atoms with Crippen LogP contribution in [0.15, 0.2) is 36.4 Å². The Balaban J connectivity index is 0.00000341. The Morgan fingerprint density at radius 2 is 1.68 bits per heavy atom. The van der Waals surface area contributed by atoms with Gasteiger partial charge in [-0.2, -0.15) is 0 Å². The van der Waals surface area contributed by atoms with Gasteiger partial charge >= 0.3 is 5.97 Å². The van der Waals surface area contributed by atoms with E-state index in [1.165, 1.54) is 0 Å². The van der Waals surface area contributed by atoms with Crippen LogP contribution in [-0.4, -0.2) is 41.7 Å². The highest BCUT2D eigenvalue weighted by molar-refractivity contribution is 6.42. The number of halogens is 4. The number of carbonyl (C=O) groups excluding carboxylic acids is 1. The molecule has 0 N–H and O–H groups in total. The monoisotopic (exact) mass is 502 g/mol. The van der Waals surface area contributed by atoms with Crippen LogP contribution < -0.4 is 0 Å². The van der Waals surface area contributed by atoms with Crippen molar-refractivity contribution in [1.82, 2.24) is 9.47 Å². The van der Waals surface area contributed by atoms with E-state index in [-0.39, 0.29) is 18.4 Å². The number of aromatic nitrogens is 1. The van der Waals surface area contributed by atoms with Gasteiger partial charge in [-0.15, -0.1) is 12.4 Å². The number of fused-ring (bicyclic) bond motifs is 1. The van der Waals surface area contributed by atoms with Crippen molar-refractivity contribution in [2.45, 2.75) is 27.3 Å². The van der Waals surface area contributed by atoms with Gasteiger partial charge in [0.05, 0.1) is 22.3 Å². The minimum absolute atomic E-state index is 0. The molecule has 0 unspecified atom stereocenters. The molecule has 0 bridgehead atoms. The smallest absolute Gasteiger partial charge is 0.355 e. The molecule has 2 aromatic carbocycles. The molecule has 0 aliphatic heterocycles. The molecule has 168 valence electrons. The fourth-order valence-corrected chi connectivity index (χ4v) is 4.17. The van der Waals surface area contributed by atoms with Crippen molar-refractivity contribution in [2.24, 2.45) is 0 Å². The number of hydrogen-bond donors (Lipinski definition) is 0. The summed E-state index contributed by atoms with van der Waals surface area (Å²) in [6.45, 7) is 9.64. The van der Waals surface area contributed by atoms with Crippen LogP contribution in [-0.2, 0) is 11.3 Å². The number of carbonyl (C=O) groups is 1. The predicted octanol–water partition coefficient (Wildman–Crippen LogP) is 7.21. The summed E-state index contributed by atoms with van der Waals surface area (Å²) in [6.07, 6.45) is 0. The van der Waals surface area contributed by atoms with Gasteiger partial charge in [-0.3, -0.25) is 0 Å². The van der Waals surface area contributed by atoms with Crippen LogP contribution in [0, 0.1) is 0 Å². The average molecular weight is 504 g/mol. The number of ether oxygens (including phenoxy) is 1. The highest BCUT2D eigenvalue weighted by Crippen LogP contribution is 2.38. The Morgan fingerprint density at radius 3 is 2.29 bits per heavy atom. The lowest BCUT2D eigenvalue weighted by Crippen LogP contribution is -2.28. The maximum absolute atomic E-state index is 13.0. The molecule has 0 amide bonds. The minimum Gasteiger partial charge on any atom is -0.461 e. The highest BCUT2D eigenvalue weighted by atomic mass is 35.5. The molecular weight excluding hydrogens is 478 g/mol. The second kappa shape index (κ2) is 11.4. The zero-order valence-corrected chi connectivity index (χ0v) is 20.8. The van der Waals surface area contributed by atoms with Crippen LogP contribution in [0.1, 0.15) is 31.3 Å². The van der Waals surface area contributed by atoms with E-state index in [0.29, 0.717) is 33.9 Å². The maximum atomic E-state index is 13.0. The molecule has 0 saturated heterocycles. The molecule has 1 aromatic heterocycles. The van der Waals surface area contributed by atoms with Gasteiger partial charge in [-0.25, -0.2) is 4.79 Å². The van der Waals surface area contributed by atoms with E-state index >= 15 is 0 Å². The van der Waals surface area contributed by atoms with E-state index in [9.17, 15) is 4.79 Å². The van der Waals surface area contributed by atoms with E-state index in [2.05, 4.69) is 18.7 Å². The van der Waals surface area contributed by atoms with E-state index in [1.54, 1.807) is 19.1 Å². The van der Waals surface area contributed by atoms with Gasteiger partial charge in [0.2, 0.25) is 0 Å².